The first-order valence-electron chi connectivity index (χ1n) is 3.75. The molecule has 0 aliphatic rings. The van der Waals surface area contributed by atoms with E-state index in [4.69, 9.17) is 32.2 Å². The summed E-state index contributed by atoms with van der Waals surface area (Å²) in [6.07, 6.45) is 1.64. The predicted molar refractivity (Wildman–Crippen MR) is 58.8 cm³/mol. The molecule has 0 radical (unpaired) electrons. The molecule has 7 heteroatoms. The highest BCUT2D eigenvalue weighted by Crippen LogP contribution is 2.68. The van der Waals surface area contributed by atoms with Crippen molar-refractivity contribution in [1.29, 1.82) is 0 Å². The summed E-state index contributed by atoms with van der Waals surface area (Å²) >= 11 is 12.6. The van der Waals surface area contributed by atoms with Crippen LogP contribution in [-0.2, 0) is 13.6 Å². The maximum absolute atomic E-state index is 11.9. The number of halogens is 2. The van der Waals surface area contributed by atoms with E-state index in [-0.39, 0.29) is 13.2 Å². The van der Waals surface area contributed by atoms with Gasteiger partial charge in [-0.2, -0.15) is 0 Å². The van der Waals surface area contributed by atoms with E-state index in [0.717, 1.165) is 11.8 Å². The summed E-state index contributed by atoms with van der Waals surface area (Å²) in [5, 5.41) is 0. The maximum atomic E-state index is 11.9. The molecule has 0 aliphatic heterocycles. The van der Waals surface area contributed by atoms with Gasteiger partial charge in [0.05, 0.1) is 13.2 Å². The molecule has 0 aromatic carbocycles. The Morgan fingerprint density at radius 1 is 1.31 bits per heavy atom. The normalized spacial score (nSPS) is 13.3. The molecule has 0 heterocycles. The van der Waals surface area contributed by atoms with Gasteiger partial charge in [0.2, 0.25) is 0 Å². The number of rotatable bonds is 6. The van der Waals surface area contributed by atoms with Gasteiger partial charge in [-0.15, -0.1) is 11.8 Å². The largest absolute Gasteiger partial charge is 0.376 e. The van der Waals surface area contributed by atoms with E-state index in [0.29, 0.717) is 0 Å². The zero-order valence-corrected chi connectivity index (χ0v) is 11.0. The molecule has 0 aromatic rings. The first-order valence-corrected chi connectivity index (χ1v) is 7.28. The molecule has 3 nitrogen and oxygen atoms in total. The van der Waals surface area contributed by atoms with Crippen molar-refractivity contribution in [3.8, 4) is 0 Å². The molecular weight excluding hydrogens is 254 g/mol. The van der Waals surface area contributed by atoms with Gasteiger partial charge in [0.25, 0.3) is 3.41 Å². The van der Waals surface area contributed by atoms with Crippen molar-refractivity contribution in [2.24, 2.45) is 0 Å². The van der Waals surface area contributed by atoms with Crippen molar-refractivity contribution in [3.63, 3.8) is 0 Å². The lowest BCUT2D eigenvalue weighted by Gasteiger charge is -2.26. The highest BCUT2D eigenvalue weighted by Gasteiger charge is 2.48. The molecule has 0 rings (SSSR count). The van der Waals surface area contributed by atoms with Crippen LogP contribution >= 0.6 is 42.6 Å². The van der Waals surface area contributed by atoms with Gasteiger partial charge in [-0.3, -0.25) is 4.57 Å². The summed E-state index contributed by atoms with van der Waals surface area (Å²) in [4.78, 5) is 0. The second kappa shape index (κ2) is 5.84. The van der Waals surface area contributed by atoms with Crippen LogP contribution in [0.2, 0.25) is 0 Å². The number of hydrogen-bond acceptors (Lipinski definition) is 4. The monoisotopic (exact) mass is 266 g/mol. The van der Waals surface area contributed by atoms with Crippen LogP contribution < -0.4 is 0 Å². The molecule has 0 atom stereocenters. The van der Waals surface area contributed by atoms with Crippen molar-refractivity contribution in [1.82, 2.24) is 0 Å². The van der Waals surface area contributed by atoms with Gasteiger partial charge in [0, 0.05) is 0 Å². The molecule has 0 saturated carbocycles. The van der Waals surface area contributed by atoms with E-state index < -0.39 is 11.0 Å². The molecule has 0 fully saturated rings. The van der Waals surface area contributed by atoms with E-state index in [1.807, 2.05) is 0 Å². The van der Waals surface area contributed by atoms with Gasteiger partial charge in [0.15, 0.2) is 0 Å². The molecule has 0 bridgehead atoms. The van der Waals surface area contributed by atoms with Crippen molar-refractivity contribution >= 4 is 42.6 Å². The minimum atomic E-state index is -3.43. The molecular formula is C6H13Cl2O3PS. The van der Waals surface area contributed by atoms with Crippen LogP contribution in [0, 0.1) is 0 Å². The van der Waals surface area contributed by atoms with E-state index in [2.05, 4.69) is 0 Å². The Morgan fingerprint density at radius 3 is 1.92 bits per heavy atom. The summed E-state index contributed by atoms with van der Waals surface area (Å²) in [5.74, 6) is 0. The van der Waals surface area contributed by atoms with E-state index in [1.54, 1.807) is 20.1 Å². The van der Waals surface area contributed by atoms with Crippen LogP contribution in [0.4, 0.5) is 0 Å². The minimum absolute atomic E-state index is 0.249. The zero-order chi connectivity index (χ0) is 10.5. The quantitative estimate of drug-likeness (QED) is 0.543. The van der Waals surface area contributed by atoms with Crippen LogP contribution in [0.1, 0.15) is 13.8 Å². The molecule has 0 unspecified atom stereocenters. The number of alkyl halides is 2. The Kier molecular flexibility index (Phi) is 6.32. The standard InChI is InChI=1S/C6H13Cl2O3PS/c1-4-10-12(9,11-5-2)6(7,8)13-3/h4-5H2,1-3H3. The Labute approximate surface area is 93.0 Å². The maximum Gasteiger partial charge on any atom is 0.376 e. The lowest BCUT2D eigenvalue weighted by molar-refractivity contribution is 0.220. The molecule has 0 amide bonds. The fourth-order valence-corrected chi connectivity index (χ4v) is 3.49. The summed E-state index contributed by atoms with van der Waals surface area (Å²) in [6.45, 7) is 3.91. The van der Waals surface area contributed by atoms with Crippen molar-refractivity contribution in [2.45, 2.75) is 17.3 Å². The summed E-state index contributed by atoms with van der Waals surface area (Å²) in [5.41, 5.74) is 0. The number of hydrogen-bond donors (Lipinski definition) is 0. The molecule has 0 N–H and O–H groups in total. The third kappa shape index (κ3) is 3.61. The molecule has 0 saturated heterocycles. The summed E-state index contributed by atoms with van der Waals surface area (Å²) in [6, 6.07) is 0. The van der Waals surface area contributed by atoms with Gasteiger partial charge < -0.3 is 9.05 Å². The van der Waals surface area contributed by atoms with Gasteiger partial charge >= 0.3 is 7.60 Å². The van der Waals surface area contributed by atoms with Crippen molar-refractivity contribution in [3.05, 3.63) is 0 Å². The first kappa shape index (κ1) is 14.1. The van der Waals surface area contributed by atoms with Crippen LogP contribution in [0.3, 0.4) is 0 Å². The Morgan fingerprint density at radius 2 is 1.69 bits per heavy atom. The number of thioether (sulfide) groups is 1. The van der Waals surface area contributed by atoms with Crippen LogP contribution in [0.15, 0.2) is 0 Å². The third-order valence-electron chi connectivity index (χ3n) is 1.16. The molecule has 13 heavy (non-hydrogen) atoms. The Hall–Kier alpha value is 1.08. The van der Waals surface area contributed by atoms with Crippen LogP contribution in [-0.4, -0.2) is 22.9 Å². The van der Waals surface area contributed by atoms with Gasteiger partial charge in [0.1, 0.15) is 0 Å². The summed E-state index contributed by atoms with van der Waals surface area (Å²) in [7, 11) is -3.43. The first-order chi connectivity index (χ1) is 5.93. The van der Waals surface area contributed by atoms with E-state index in [9.17, 15) is 4.57 Å². The lowest BCUT2D eigenvalue weighted by Crippen LogP contribution is -2.13. The molecule has 0 aliphatic carbocycles. The van der Waals surface area contributed by atoms with E-state index >= 15 is 0 Å². The molecule has 0 spiro atoms. The predicted octanol–water partition coefficient (Wildman–Crippen LogP) is 3.70. The Bertz CT molecular complexity index is 190. The minimum Gasteiger partial charge on any atom is -0.306 e. The van der Waals surface area contributed by atoms with Crippen LogP contribution in [0.5, 0.6) is 0 Å². The smallest absolute Gasteiger partial charge is 0.306 e. The van der Waals surface area contributed by atoms with Crippen molar-refractivity contribution in [2.75, 3.05) is 19.5 Å². The second-order valence-corrected chi connectivity index (χ2v) is 7.83. The third-order valence-corrected chi connectivity index (χ3v) is 6.87. The fourth-order valence-electron chi connectivity index (χ4n) is 0.639. The average Bonchev–Trinajstić information content (AvgIpc) is 2.05. The highest BCUT2D eigenvalue weighted by atomic mass is 35.5. The SMILES string of the molecule is CCOP(=O)(OCC)C(Cl)(Cl)SC. The molecule has 80 valence electrons. The van der Waals surface area contributed by atoms with Gasteiger partial charge in [-0.05, 0) is 20.1 Å². The van der Waals surface area contributed by atoms with Crippen LogP contribution in [0.25, 0.3) is 0 Å². The fraction of sp³-hybridized carbons (Fsp3) is 1.00. The zero-order valence-electron chi connectivity index (χ0n) is 7.75. The van der Waals surface area contributed by atoms with Crippen molar-refractivity contribution < 1.29 is 13.6 Å². The molecule has 0 aromatic heterocycles. The highest BCUT2D eigenvalue weighted by molar-refractivity contribution is 8.09. The van der Waals surface area contributed by atoms with E-state index in [1.165, 1.54) is 0 Å². The average molecular weight is 267 g/mol. The topological polar surface area (TPSA) is 35.5 Å². The van der Waals surface area contributed by atoms with Gasteiger partial charge in [-0.25, -0.2) is 0 Å². The lowest BCUT2D eigenvalue weighted by atomic mass is 10.9. The summed E-state index contributed by atoms with van der Waals surface area (Å²) < 4.78 is 20.4. The Balaban J connectivity index is 4.67. The second-order valence-electron chi connectivity index (χ2n) is 2.02. The van der Waals surface area contributed by atoms with Gasteiger partial charge in [-0.1, -0.05) is 23.2 Å².